The van der Waals surface area contributed by atoms with Crippen LogP contribution in [0.1, 0.15) is 26.7 Å². The Balaban J connectivity index is 1.75. The van der Waals surface area contributed by atoms with Crippen molar-refractivity contribution in [1.82, 2.24) is 0 Å². The van der Waals surface area contributed by atoms with Crippen LogP contribution in [-0.4, -0.2) is 31.9 Å². The molecule has 1 aromatic heterocycles. The molecule has 158 valence electrons. The number of carboxylic acids is 1. The van der Waals surface area contributed by atoms with Crippen molar-refractivity contribution >= 4 is 27.4 Å². The van der Waals surface area contributed by atoms with Gasteiger partial charge in [-0.2, -0.15) is 0 Å². The largest absolute Gasteiger partial charge is 0.493 e. The summed E-state index contributed by atoms with van der Waals surface area (Å²) in [5.41, 5.74) is 2.20. The molecule has 1 N–H and O–H groups in total. The van der Waals surface area contributed by atoms with Gasteiger partial charge in [-0.3, -0.25) is 0 Å². The Labute approximate surface area is 184 Å². The van der Waals surface area contributed by atoms with Gasteiger partial charge < -0.3 is 19.3 Å². The summed E-state index contributed by atoms with van der Waals surface area (Å²) < 4.78 is 17.8. The Morgan fingerprint density at radius 3 is 1.97 bits per heavy atom. The number of ether oxygens (including phenoxy) is 3. The highest BCUT2D eigenvalue weighted by Crippen LogP contribution is 2.44. The van der Waals surface area contributed by atoms with Crippen LogP contribution in [0.2, 0.25) is 0 Å². The molecule has 1 heterocycles. The normalized spacial score (nSPS) is 10.9. The number of benzene rings is 3. The Bertz CT molecular complexity index is 1150. The minimum atomic E-state index is -1.02. The average molecular weight is 435 g/mol. The highest BCUT2D eigenvalue weighted by molar-refractivity contribution is 7.21. The van der Waals surface area contributed by atoms with Crippen molar-refractivity contribution < 1.29 is 24.1 Å². The van der Waals surface area contributed by atoms with E-state index in [9.17, 15) is 9.90 Å². The summed E-state index contributed by atoms with van der Waals surface area (Å²) in [7, 11) is 3.10. The molecule has 0 aliphatic heterocycles. The molecule has 31 heavy (non-hydrogen) atoms. The molecule has 0 fully saturated rings. The molecule has 5 nitrogen and oxygen atoms in total. The lowest BCUT2D eigenvalue weighted by Crippen LogP contribution is -2.13. The summed E-state index contributed by atoms with van der Waals surface area (Å²) >= 11 is 1.16. The van der Waals surface area contributed by atoms with Gasteiger partial charge in [0.2, 0.25) is 0 Å². The van der Waals surface area contributed by atoms with Crippen LogP contribution in [0.25, 0.3) is 10.1 Å². The van der Waals surface area contributed by atoms with Gasteiger partial charge in [0, 0.05) is 22.1 Å². The zero-order valence-corrected chi connectivity index (χ0v) is 18.0. The number of carboxylic acid groups (broad SMARTS) is 1. The van der Waals surface area contributed by atoms with E-state index in [0.717, 1.165) is 27.2 Å². The topological polar surface area (TPSA) is 65.0 Å². The maximum Gasteiger partial charge on any atom is 0.349 e. The van der Waals surface area contributed by atoms with Gasteiger partial charge in [-0.05, 0) is 17.2 Å². The second kappa shape index (κ2) is 9.10. The lowest BCUT2D eigenvalue weighted by Gasteiger charge is -2.19. The van der Waals surface area contributed by atoms with Crippen LogP contribution in [0.5, 0.6) is 17.2 Å². The first kappa shape index (κ1) is 20.8. The van der Waals surface area contributed by atoms with E-state index in [4.69, 9.17) is 14.2 Å². The number of rotatable bonds is 8. The Hall–Kier alpha value is -3.51. The minimum Gasteiger partial charge on any atom is -0.493 e. The third-order valence-corrected chi connectivity index (χ3v) is 6.26. The molecule has 0 saturated heterocycles. The molecule has 0 bridgehead atoms. The van der Waals surface area contributed by atoms with Crippen molar-refractivity contribution in [1.29, 1.82) is 0 Å². The maximum absolute atomic E-state index is 12.0. The van der Waals surface area contributed by atoms with Crippen molar-refractivity contribution in [2.24, 2.45) is 0 Å². The van der Waals surface area contributed by atoms with Crippen LogP contribution in [0, 0.1) is 0 Å². The summed E-state index contributed by atoms with van der Waals surface area (Å²) in [6, 6.07) is 23.7. The smallest absolute Gasteiger partial charge is 0.349 e. The van der Waals surface area contributed by atoms with Crippen LogP contribution >= 0.6 is 11.3 Å². The van der Waals surface area contributed by atoms with E-state index in [2.05, 4.69) is 24.3 Å². The molecule has 0 radical (unpaired) electrons. The van der Waals surface area contributed by atoms with Crippen LogP contribution in [-0.2, 0) is 0 Å². The van der Waals surface area contributed by atoms with Crippen molar-refractivity contribution in [3.8, 4) is 17.2 Å². The monoisotopic (exact) mass is 434 g/mol. The number of carbonyl (C=O) groups is 1. The molecule has 0 atom stereocenters. The highest BCUT2D eigenvalue weighted by Gasteiger charge is 2.23. The lowest BCUT2D eigenvalue weighted by atomic mass is 9.92. The number of aromatic carboxylic acids is 1. The zero-order chi connectivity index (χ0) is 21.8. The van der Waals surface area contributed by atoms with E-state index in [1.807, 2.05) is 36.4 Å². The van der Waals surface area contributed by atoms with Gasteiger partial charge in [0.1, 0.15) is 0 Å². The van der Waals surface area contributed by atoms with Gasteiger partial charge >= 0.3 is 5.97 Å². The fourth-order valence-electron chi connectivity index (χ4n) is 3.61. The zero-order valence-electron chi connectivity index (χ0n) is 17.2. The predicted octanol–water partition coefficient (Wildman–Crippen LogP) is 5.83. The first-order valence-electron chi connectivity index (χ1n) is 9.77. The Morgan fingerprint density at radius 1 is 0.903 bits per heavy atom. The van der Waals surface area contributed by atoms with Gasteiger partial charge in [-0.1, -0.05) is 60.7 Å². The molecule has 4 rings (SSSR count). The quantitative estimate of drug-likeness (QED) is 0.378. The van der Waals surface area contributed by atoms with Crippen molar-refractivity contribution in [3.63, 3.8) is 0 Å². The number of thiophene rings is 1. The molecule has 3 aromatic carbocycles. The molecule has 0 spiro atoms. The average Bonchev–Trinajstić information content (AvgIpc) is 3.17. The van der Waals surface area contributed by atoms with E-state index in [0.29, 0.717) is 29.2 Å². The molecule has 0 amide bonds. The van der Waals surface area contributed by atoms with Gasteiger partial charge in [-0.15, -0.1) is 11.3 Å². The standard InChI is InChI=1S/C25H22O5S/c1-28-20-13-18-22(14-21(20)29-2)31-24(25(26)27)23(18)30-15-19(16-9-5-3-6-10-16)17-11-7-4-8-12-17/h3-14,19H,15H2,1-2H3,(H,26,27). The van der Waals surface area contributed by atoms with Gasteiger partial charge in [0.05, 0.1) is 20.8 Å². The van der Waals surface area contributed by atoms with E-state index in [1.165, 1.54) is 0 Å². The summed E-state index contributed by atoms with van der Waals surface area (Å²) in [5.74, 6) is 0.359. The fraction of sp³-hybridized carbons (Fsp3) is 0.160. The Kier molecular flexibility index (Phi) is 6.09. The predicted molar refractivity (Wildman–Crippen MR) is 122 cm³/mol. The van der Waals surface area contributed by atoms with Gasteiger partial charge in [-0.25, -0.2) is 4.79 Å². The highest BCUT2D eigenvalue weighted by atomic mass is 32.1. The molecule has 0 saturated carbocycles. The van der Waals surface area contributed by atoms with Crippen LogP contribution < -0.4 is 14.2 Å². The van der Waals surface area contributed by atoms with E-state index < -0.39 is 5.97 Å². The SMILES string of the molecule is COc1cc2sc(C(=O)O)c(OCC(c3ccccc3)c3ccccc3)c2cc1OC. The number of hydrogen-bond acceptors (Lipinski definition) is 5. The number of methoxy groups -OCH3 is 2. The van der Waals surface area contributed by atoms with Crippen LogP contribution in [0.4, 0.5) is 0 Å². The molecule has 0 aliphatic carbocycles. The first-order chi connectivity index (χ1) is 15.1. The molecular formula is C25H22O5S. The maximum atomic E-state index is 12.0. The number of fused-ring (bicyclic) bond motifs is 1. The molecular weight excluding hydrogens is 412 g/mol. The summed E-state index contributed by atoms with van der Waals surface area (Å²) in [4.78, 5) is 12.1. The second-order valence-electron chi connectivity index (χ2n) is 6.95. The van der Waals surface area contributed by atoms with Gasteiger partial charge in [0.25, 0.3) is 0 Å². The van der Waals surface area contributed by atoms with Crippen molar-refractivity contribution in [2.45, 2.75) is 5.92 Å². The third kappa shape index (κ3) is 4.20. The van der Waals surface area contributed by atoms with Crippen LogP contribution in [0.15, 0.2) is 72.8 Å². The fourth-order valence-corrected chi connectivity index (χ4v) is 4.60. The molecule has 4 aromatic rings. The van der Waals surface area contributed by atoms with Gasteiger partial charge in [0.15, 0.2) is 22.1 Å². The first-order valence-corrected chi connectivity index (χ1v) is 10.6. The third-order valence-electron chi connectivity index (χ3n) is 5.14. The van der Waals surface area contributed by atoms with Crippen LogP contribution in [0.3, 0.4) is 0 Å². The Morgan fingerprint density at radius 2 is 1.45 bits per heavy atom. The van der Waals surface area contributed by atoms with Crippen molar-refractivity contribution in [2.75, 3.05) is 20.8 Å². The summed E-state index contributed by atoms with van der Waals surface area (Å²) in [6.07, 6.45) is 0. The van der Waals surface area contributed by atoms with E-state index in [-0.39, 0.29) is 10.8 Å². The minimum absolute atomic E-state index is 0.0425. The second-order valence-corrected chi connectivity index (χ2v) is 8.01. The van der Waals surface area contributed by atoms with E-state index >= 15 is 0 Å². The molecule has 0 aliphatic rings. The summed E-state index contributed by atoms with van der Waals surface area (Å²) in [5, 5.41) is 10.5. The molecule has 0 unspecified atom stereocenters. The summed E-state index contributed by atoms with van der Waals surface area (Å²) in [6.45, 7) is 0.300. The van der Waals surface area contributed by atoms with Crippen molar-refractivity contribution in [3.05, 3.63) is 88.8 Å². The molecule has 6 heteroatoms. The van der Waals surface area contributed by atoms with E-state index in [1.54, 1.807) is 26.4 Å². The lowest BCUT2D eigenvalue weighted by molar-refractivity contribution is 0.0698. The number of hydrogen-bond donors (Lipinski definition) is 1.